The predicted octanol–water partition coefficient (Wildman–Crippen LogP) is 5.59. The van der Waals surface area contributed by atoms with Gasteiger partial charge < -0.3 is 33.2 Å². The van der Waals surface area contributed by atoms with Gasteiger partial charge in [0.1, 0.15) is 0 Å². The normalized spacial score (nSPS) is 19.8. The van der Waals surface area contributed by atoms with Gasteiger partial charge in [0.25, 0.3) is 0 Å². The number of hydrogen-bond donors (Lipinski definition) is 6. The Morgan fingerprint density at radius 3 is 1.07 bits per heavy atom. The SMILES string of the molecule is CCCN[C@H]1CCc2nc(N)sc2C1.CCCN[C@H]1CCc2nc(N)sc2C1.CCCN[C@H]1CCc2nc(N)sc2C1.Cl.Cl. The molecule has 0 radical (unpaired) electrons. The van der Waals surface area contributed by atoms with E-state index in [0.29, 0.717) is 18.1 Å². The number of halogens is 2. The van der Waals surface area contributed by atoms with Crippen LogP contribution in [0.1, 0.15) is 91.0 Å². The van der Waals surface area contributed by atoms with Crippen LogP contribution >= 0.6 is 58.8 Å². The Morgan fingerprint density at radius 2 is 0.818 bits per heavy atom. The zero-order valence-corrected chi connectivity index (χ0v) is 30.5. The Morgan fingerprint density at radius 1 is 0.545 bits per heavy atom. The summed E-state index contributed by atoms with van der Waals surface area (Å²) in [6.45, 7) is 9.96. The molecular formula is C30H53Cl2N9S3. The van der Waals surface area contributed by atoms with E-state index < -0.39 is 0 Å². The number of aryl methyl sites for hydroxylation is 3. The van der Waals surface area contributed by atoms with Crippen molar-refractivity contribution >= 4 is 74.2 Å². The lowest BCUT2D eigenvalue weighted by Crippen LogP contribution is -2.34. The molecule has 14 heteroatoms. The van der Waals surface area contributed by atoms with Gasteiger partial charge in [-0.05, 0) is 96.7 Å². The van der Waals surface area contributed by atoms with Crippen molar-refractivity contribution in [2.24, 2.45) is 0 Å². The average Bonchev–Trinajstić information content (AvgIpc) is 3.67. The summed E-state index contributed by atoms with van der Waals surface area (Å²) in [7, 11) is 0. The van der Waals surface area contributed by atoms with E-state index in [1.807, 2.05) is 0 Å². The minimum absolute atomic E-state index is 0. The largest absolute Gasteiger partial charge is 0.375 e. The maximum absolute atomic E-state index is 5.69. The molecule has 3 aromatic heterocycles. The molecule has 9 N–H and O–H groups in total. The molecule has 0 unspecified atom stereocenters. The molecule has 0 fully saturated rings. The second-order valence-electron chi connectivity index (χ2n) is 11.4. The predicted molar refractivity (Wildman–Crippen MR) is 196 cm³/mol. The lowest BCUT2D eigenvalue weighted by Gasteiger charge is -2.21. The maximum atomic E-state index is 5.69. The summed E-state index contributed by atoms with van der Waals surface area (Å²) in [6.07, 6.45) is 13.8. The van der Waals surface area contributed by atoms with Gasteiger partial charge in [-0.15, -0.1) is 58.8 Å². The van der Waals surface area contributed by atoms with E-state index in [4.69, 9.17) is 17.2 Å². The molecule has 6 rings (SSSR count). The van der Waals surface area contributed by atoms with Crippen LogP contribution in [0, 0.1) is 0 Å². The molecule has 0 bridgehead atoms. The molecular weight excluding hydrogens is 654 g/mol. The summed E-state index contributed by atoms with van der Waals surface area (Å²) >= 11 is 4.96. The van der Waals surface area contributed by atoms with Gasteiger partial charge in [0.15, 0.2) is 15.4 Å². The summed E-state index contributed by atoms with van der Waals surface area (Å²) in [5.74, 6) is 0. The fraction of sp³-hybridized carbons (Fsp3) is 0.700. The monoisotopic (exact) mass is 705 g/mol. The van der Waals surface area contributed by atoms with E-state index in [2.05, 4.69) is 51.7 Å². The third-order valence-corrected chi connectivity index (χ3v) is 10.8. The number of aromatic nitrogens is 3. The molecule has 3 aliphatic carbocycles. The highest BCUT2D eigenvalue weighted by atomic mass is 35.5. The number of hydrogen-bond acceptors (Lipinski definition) is 12. The molecule has 250 valence electrons. The first kappa shape index (κ1) is 38.9. The summed E-state index contributed by atoms with van der Waals surface area (Å²) < 4.78 is 0. The minimum Gasteiger partial charge on any atom is -0.375 e. The van der Waals surface area contributed by atoms with Crippen molar-refractivity contribution in [2.75, 3.05) is 36.8 Å². The number of anilines is 3. The number of nitrogens with zero attached hydrogens (tertiary/aromatic N) is 3. The van der Waals surface area contributed by atoms with Gasteiger partial charge in [-0.3, -0.25) is 0 Å². The number of nitrogens with two attached hydrogens (primary N) is 3. The van der Waals surface area contributed by atoms with Crippen LogP contribution in [0.15, 0.2) is 0 Å². The number of fused-ring (bicyclic) bond motifs is 3. The Balaban J connectivity index is 0.000000225. The lowest BCUT2D eigenvalue weighted by molar-refractivity contribution is 0.460. The number of nitrogen functional groups attached to an aromatic ring is 3. The van der Waals surface area contributed by atoms with E-state index in [1.165, 1.54) is 70.2 Å². The van der Waals surface area contributed by atoms with Crippen molar-refractivity contribution in [3.8, 4) is 0 Å². The topological polar surface area (TPSA) is 153 Å². The smallest absolute Gasteiger partial charge is 0.180 e. The van der Waals surface area contributed by atoms with Crippen LogP contribution in [0.25, 0.3) is 0 Å². The molecule has 3 aromatic rings. The van der Waals surface area contributed by atoms with Gasteiger partial charge >= 0.3 is 0 Å². The maximum Gasteiger partial charge on any atom is 0.180 e. The Bertz CT molecular complexity index is 1080. The molecule has 3 atom stereocenters. The van der Waals surface area contributed by atoms with Crippen LogP contribution in [0.5, 0.6) is 0 Å². The van der Waals surface area contributed by atoms with Gasteiger partial charge in [0.2, 0.25) is 0 Å². The van der Waals surface area contributed by atoms with Crippen molar-refractivity contribution < 1.29 is 0 Å². The molecule has 0 saturated carbocycles. The summed E-state index contributed by atoms with van der Waals surface area (Å²) in [6, 6.07) is 1.92. The quantitative estimate of drug-likeness (QED) is 0.167. The molecule has 0 amide bonds. The molecule has 0 saturated heterocycles. The van der Waals surface area contributed by atoms with E-state index in [0.717, 1.165) is 73.6 Å². The summed E-state index contributed by atoms with van der Waals surface area (Å²) in [5, 5.41) is 12.9. The molecule has 3 aliphatic rings. The third-order valence-electron chi connectivity index (χ3n) is 7.92. The standard InChI is InChI=1S/3C10H17N3S.2ClH/c3*1-2-5-12-7-3-4-8-9(6-7)14-10(11)13-8;;/h3*7,12H,2-6H2,1H3,(H2,11,13);2*1H/t3*7-;;/m000../s1. The van der Waals surface area contributed by atoms with Crippen molar-refractivity contribution in [3.63, 3.8) is 0 Å². The molecule has 0 spiro atoms. The first-order valence-electron chi connectivity index (χ1n) is 15.8. The van der Waals surface area contributed by atoms with Crippen LogP contribution in [0.4, 0.5) is 15.4 Å². The van der Waals surface area contributed by atoms with Gasteiger partial charge in [-0.1, -0.05) is 20.8 Å². The van der Waals surface area contributed by atoms with Crippen LogP contribution in [-0.2, 0) is 38.5 Å². The van der Waals surface area contributed by atoms with Crippen molar-refractivity contribution in [2.45, 2.75) is 116 Å². The first-order valence-corrected chi connectivity index (χ1v) is 18.3. The van der Waals surface area contributed by atoms with Crippen molar-refractivity contribution in [1.82, 2.24) is 30.9 Å². The van der Waals surface area contributed by atoms with E-state index >= 15 is 0 Å². The highest BCUT2D eigenvalue weighted by molar-refractivity contribution is 7.16. The van der Waals surface area contributed by atoms with Crippen LogP contribution in [-0.4, -0.2) is 52.7 Å². The zero-order valence-electron chi connectivity index (χ0n) is 26.5. The van der Waals surface area contributed by atoms with Gasteiger partial charge in [-0.25, -0.2) is 15.0 Å². The van der Waals surface area contributed by atoms with E-state index in [-0.39, 0.29) is 24.8 Å². The fourth-order valence-electron chi connectivity index (χ4n) is 5.75. The molecule has 0 aliphatic heterocycles. The van der Waals surface area contributed by atoms with Gasteiger partial charge in [-0.2, -0.15) is 0 Å². The number of nitrogens with one attached hydrogen (secondary N) is 3. The Kier molecular flexibility index (Phi) is 17.8. The summed E-state index contributed by atoms with van der Waals surface area (Å²) in [4.78, 5) is 17.2. The Hall–Kier alpha value is -1.25. The van der Waals surface area contributed by atoms with Crippen molar-refractivity contribution in [3.05, 3.63) is 31.7 Å². The minimum atomic E-state index is 0. The van der Waals surface area contributed by atoms with Gasteiger partial charge in [0.05, 0.1) is 17.1 Å². The molecule has 9 nitrogen and oxygen atoms in total. The highest BCUT2D eigenvalue weighted by Crippen LogP contribution is 2.30. The fourth-order valence-corrected chi connectivity index (χ4v) is 8.63. The lowest BCUT2D eigenvalue weighted by atomic mass is 9.98. The second kappa shape index (κ2) is 20.1. The molecule has 3 heterocycles. The van der Waals surface area contributed by atoms with Crippen LogP contribution in [0.2, 0.25) is 0 Å². The van der Waals surface area contributed by atoms with Crippen LogP contribution < -0.4 is 33.2 Å². The highest BCUT2D eigenvalue weighted by Gasteiger charge is 2.23. The number of thiazole rings is 3. The van der Waals surface area contributed by atoms with E-state index in [1.54, 1.807) is 34.0 Å². The first-order chi connectivity index (χ1) is 20.4. The Labute approximate surface area is 288 Å². The van der Waals surface area contributed by atoms with Crippen LogP contribution in [0.3, 0.4) is 0 Å². The van der Waals surface area contributed by atoms with E-state index in [9.17, 15) is 0 Å². The summed E-state index contributed by atoms with van der Waals surface area (Å²) in [5.41, 5.74) is 20.8. The second-order valence-corrected chi connectivity index (χ2v) is 14.8. The number of rotatable bonds is 9. The zero-order chi connectivity index (χ0) is 29.9. The average molecular weight is 707 g/mol. The third kappa shape index (κ3) is 11.8. The van der Waals surface area contributed by atoms with Crippen molar-refractivity contribution in [1.29, 1.82) is 0 Å². The van der Waals surface area contributed by atoms with Gasteiger partial charge in [0, 0.05) is 32.8 Å². The molecule has 44 heavy (non-hydrogen) atoms. The molecule has 0 aromatic carbocycles.